The fourth-order valence-corrected chi connectivity index (χ4v) is 2.30. The van der Waals surface area contributed by atoms with Gasteiger partial charge in [-0.1, -0.05) is 11.6 Å². The zero-order valence-corrected chi connectivity index (χ0v) is 10.7. The molecule has 0 aliphatic carbocycles. The first-order valence-corrected chi connectivity index (χ1v) is 6.30. The maximum Gasteiger partial charge on any atom is 0.253 e. The van der Waals surface area contributed by atoms with Crippen molar-refractivity contribution in [3.8, 4) is 0 Å². The van der Waals surface area contributed by atoms with Crippen molar-refractivity contribution in [2.45, 2.75) is 18.9 Å². The highest BCUT2D eigenvalue weighted by Crippen LogP contribution is 2.15. The molecule has 1 aromatic rings. The number of nitrogens with zero attached hydrogens (tertiary/aromatic N) is 1. The van der Waals surface area contributed by atoms with Crippen LogP contribution in [0.5, 0.6) is 0 Å². The van der Waals surface area contributed by atoms with Crippen LogP contribution in [0, 0.1) is 0 Å². The molecule has 1 atom stereocenters. The van der Waals surface area contributed by atoms with E-state index < -0.39 is 0 Å². The van der Waals surface area contributed by atoms with Gasteiger partial charge in [-0.2, -0.15) is 0 Å². The lowest BCUT2D eigenvalue weighted by Gasteiger charge is -2.32. The fraction of sp³-hybridized carbons (Fsp3) is 0.462. The average Bonchev–Trinajstić information content (AvgIpc) is 2.39. The summed E-state index contributed by atoms with van der Waals surface area (Å²) >= 11 is 5.81. The van der Waals surface area contributed by atoms with E-state index in [9.17, 15) is 4.79 Å². The van der Waals surface area contributed by atoms with Gasteiger partial charge in [-0.05, 0) is 44.2 Å². The van der Waals surface area contributed by atoms with E-state index in [1.54, 1.807) is 24.3 Å². The Morgan fingerprint density at radius 3 is 2.76 bits per heavy atom. The lowest BCUT2D eigenvalue weighted by Crippen LogP contribution is -2.46. The van der Waals surface area contributed by atoms with E-state index in [1.165, 1.54) is 0 Å². The third kappa shape index (κ3) is 2.99. The Morgan fingerprint density at radius 2 is 2.12 bits per heavy atom. The van der Waals surface area contributed by atoms with Crippen molar-refractivity contribution in [3.63, 3.8) is 0 Å². The highest BCUT2D eigenvalue weighted by Gasteiger charge is 2.23. The minimum absolute atomic E-state index is 0.0987. The normalized spacial score (nSPS) is 20.4. The molecule has 1 N–H and O–H groups in total. The van der Waals surface area contributed by atoms with Crippen molar-refractivity contribution >= 4 is 17.5 Å². The molecule has 0 spiro atoms. The number of nitrogens with one attached hydrogen (secondary N) is 1. The van der Waals surface area contributed by atoms with E-state index in [-0.39, 0.29) is 5.91 Å². The first kappa shape index (κ1) is 12.4. The summed E-state index contributed by atoms with van der Waals surface area (Å²) in [5, 5.41) is 3.89. The Balaban J connectivity index is 2.06. The SMILES string of the molecule is CNC1CCCN(C(=O)c2ccc(Cl)cc2)C1. The second-order valence-electron chi connectivity index (χ2n) is 4.39. The number of hydrogen-bond donors (Lipinski definition) is 1. The quantitative estimate of drug-likeness (QED) is 0.875. The maximum absolute atomic E-state index is 12.2. The third-order valence-corrected chi connectivity index (χ3v) is 3.46. The molecular weight excluding hydrogens is 236 g/mol. The molecular formula is C13H17ClN2O. The summed E-state index contributed by atoms with van der Waals surface area (Å²) in [5.74, 6) is 0.0987. The molecule has 1 fully saturated rings. The average molecular weight is 253 g/mol. The van der Waals surface area contributed by atoms with Gasteiger partial charge >= 0.3 is 0 Å². The van der Waals surface area contributed by atoms with Crippen molar-refractivity contribution < 1.29 is 4.79 Å². The van der Waals surface area contributed by atoms with Crippen LogP contribution in [0.25, 0.3) is 0 Å². The van der Waals surface area contributed by atoms with Gasteiger partial charge in [0.1, 0.15) is 0 Å². The summed E-state index contributed by atoms with van der Waals surface area (Å²) < 4.78 is 0. The standard InChI is InChI=1S/C13H17ClN2O/c1-15-12-3-2-8-16(9-12)13(17)10-4-6-11(14)7-5-10/h4-7,12,15H,2-3,8-9H2,1H3. The van der Waals surface area contributed by atoms with E-state index in [4.69, 9.17) is 11.6 Å². The molecule has 1 aliphatic heterocycles. The van der Waals surface area contributed by atoms with Gasteiger partial charge < -0.3 is 10.2 Å². The van der Waals surface area contributed by atoms with Crippen LogP contribution in [0.4, 0.5) is 0 Å². The number of hydrogen-bond acceptors (Lipinski definition) is 2. The van der Waals surface area contributed by atoms with Gasteiger partial charge in [-0.3, -0.25) is 4.79 Å². The van der Waals surface area contributed by atoms with E-state index in [0.29, 0.717) is 16.6 Å². The first-order valence-electron chi connectivity index (χ1n) is 5.93. The summed E-state index contributed by atoms with van der Waals surface area (Å²) in [6.45, 7) is 1.64. The smallest absolute Gasteiger partial charge is 0.253 e. The second-order valence-corrected chi connectivity index (χ2v) is 4.82. The van der Waals surface area contributed by atoms with Crippen molar-refractivity contribution in [1.29, 1.82) is 0 Å². The molecule has 4 heteroatoms. The van der Waals surface area contributed by atoms with Crippen LogP contribution in [0.2, 0.25) is 5.02 Å². The number of carbonyl (C=O) groups is 1. The molecule has 1 heterocycles. The number of rotatable bonds is 2. The molecule has 92 valence electrons. The fourth-order valence-electron chi connectivity index (χ4n) is 2.17. The monoisotopic (exact) mass is 252 g/mol. The van der Waals surface area contributed by atoms with Gasteiger partial charge in [0, 0.05) is 29.7 Å². The molecule has 1 saturated heterocycles. The number of carbonyl (C=O) groups excluding carboxylic acids is 1. The lowest BCUT2D eigenvalue weighted by molar-refractivity contribution is 0.0698. The molecule has 1 amide bonds. The highest BCUT2D eigenvalue weighted by molar-refractivity contribution is 6.30. The second kappa shape index (κ2) is 5.52. The van der Waals surface area contributed by atoms with Gasteiger partial charge in [-0.25, -0.2) is 0 Å². The number of halogens is 1. The predicted molar refractivity (Wildman–Crippen MR) is 69.4 cm³/mol. The Labute approximate surface area is 107 Å². The lowest BCUT2D eigenvalue weighted by atomic mass is 10.0. The van der Waals surface area contributed by atoms with Crippen molar-refractivity contribution in [2.24, 2.45) is 0 Å². The van der Waals surface area contributed by atoms with Gasteiger partial charge in [0.2, 0.25) is 0 Å². The van der Waals surface area contributed by atoms with E-state index in [0.717, 1.165) is 25.9 Å². The van der Waals surface area contributed by atoms with E-state index >= 15 is 0 Å². The van der Waals surface area contributed by atoms with Crippen LogP contribution in [0.3, 0.4) is 0 Å². The number of benzene rings is 1. The topological polar surface area (TPSA) is 32.3 Å². The van der Waals surface area contributed by atoms with Crippen LogP contribution in [0.1, 0.15) is 23.2 Å². The molecule has 3 nitrogen and oxygen atoms in total. The van der Waals surface area contributed by atoms with Crippen molar-refractivity contribution in [3.05, 3.63) is 34.9 Å². The van der Waals surface area contributed by atoms with Gasteiger partial charge in [0.05, 0.1) is 0 Å². The van der Waals surface area contributed by atoms with E-state index in [2.05, 4.69) is 5.32 Å². The van der Waals surface area contributed by atoms with Gasteiger partial charge in [0.15, 0.2) is 0 Å². The minimum atomic E-state index is 0.0987. The van der Waals surface area contributed by atoms with Crippen LogP contribution < -0.4 is 5.32 Å². The highest BCUT2D eigenvalue weighted by atomic mass is 35.5. The summed E-state index contributed by atoms with van der Waals surface area (Å²) in [6.07, 6.45) is 2.20. The molecule has 1 unspecified atom stereocenters. The number of piperidine rings is 1. The largest absolute Gasteiger partial charge is 0.337 e. The maximum atomic E-state index is 12.2. The third-order valence-electron chi connectivity index (χ3n) is 3.21. The van der Waals surface area contributed by atoms with Crippen molar-refractivity contribution in [2.75, 3.05) is 20.1 Å². The number of likely N-dealkylation sites (tertiary alicyclic amines) is 1. The van der Waals surface area contributed by atoms with Crippen LogP contribution in [0.15, 0.2) is 24.3 Å². The first-order chi connectivity index (χ1) is 8.20. The van der Waals surface area contributed by atoms with Crippen LogP contribution in [-0.4, -0.2) is 37.0 Å². The molecule has 0 aromatic heterocycles. The molecule has 17 heavy (non-hydrogen) atoms. The van der Waals surface area contributed by atoms with Gasteiger partial charge in [-0.15, -0.1) is 0 Å². The van der Waals surface area contributed by atoms with Crippen molar-refractivity contribution in [1.82, 2.24) is 10.2 Å². The Kier molecular flexibility index (Phi) is 4.02. The molecule has 2 rings (SSSR count). The minimum Gasteiger partial charge on any atom is -0.337 e. The number of likely N-dealkylation sites (N-methyl/N-ethyl adjacent to an activating group) is 1. The summed E-state index contributed by atoms with van der Waals surface area (Å²) in [7, 11) is 1.95. The number of amides is 1. The van der Waals surface area contributed by atoms with Gasteiger partial charge in [0.25, 0.3) is 5.91 Å². The molecule has 0 saturated carbocycles. The summed E-state index contributed by atoms with van der Waals surface area (Å²) in [4.78, 5) is 14.1. The zero-order valence-electron chi connectivity index (χ0n) is 9.95. The molecule has 0 radical (unpaired) electrons. The molecule has 1 aromatic carbocycles. The summed E-state index contributed by atoms with van der Waals surface area (Å²) in [6, 6.07) is 7.50. The Bertz CT molecular complexity index is 391. The van der Waals surface area contributed by atoms with Crippen LogP contribution >= 0.6 is 11.6 Å². The zero-order chi connectivity index (χ0) is 12.3. The predicted octanol–water partition coefficient (Wildman–Crippen LogP) is 2.16. The summed E-state index contributed by atoms with van der Waals surface area (Å²) in [5.41, 5.74) is 0.714. The Hall–Kier alpha value is -1.06. The van der Waals surface area contributed by atoms with E-state index in [1.807, 2.05) is 11.9 Å². The molecule has 1 aliphatic rings. The molecule has 0 bridgehead atoms. The Morgan fingerprint density at radius 1 is 1.41 bits per heavy atom. The van der Waals surface area contributed by atoms with Crippen LogP contribution in [-0.2, 0) is 0 Å².